The van der Waals surface area contributed by atoms with Gasteiger partial charge < -0.3 is 11.1 Å². The Balaban J connectivity index is 2.28. The molecule has 0 bridgehead atoms. The second kappa shape index (κ2) is 7.63. The molecule has 6 heteroatoms. The summed E-state index contributed by atoms with van der Waals surface area (Å²) in [6.07, 6.45) is 3.84. The van der Waals surface area contributed by atoms with Gasteiger partial charge in [0.1, 0.15) is 0 Å². The maximum Gasteiger partial charge on any atom is 0.239 e. The number of nitrogens with one attached hydrogen (secondary N) is 1. The molecular weight excluding hydrogens is 296 g/mol. The van der Waals surface area contributed by atoms with Gasteiger partial charge in [0.2, 0.25) is 5.91 Å². The second-order valence-corrected chi connectivity index (χ2v) is 5.36. The molecule has 1 amide bonds. The number of amides is 1. The lowest BCUT2D eigenvalue weighted by Gasteiger charge is -2.04. The molecule has 0 atom stereocenters. The van der Waals surface area contributed by atoms with Crippen molar-refractivity contribution in [3.05, 3.63) is 41.3 Å². The van der Waals surface area contributed by atoms with E-state index < -0.39 is 0 Å². The number of aromatic nitrogens is 1. The van der Waals surface area contributed by atoms with E-state index in [0.717, 1.165) is 22.4 Å². The van der Waals surface area contributed by atoms with Crippen LogP contribution in [0.15, 0.2) is 40.7 Å². The van der Waals surface area contributed by atoms with E-state index in [1.54, 1.807) is 7.05 Å². The largest absolute Gasteiger partial charge is 0.322 e. The van der Waals surface area contributed by atoms with Crippen LogP contribution in [-0.2, 0) is 4.79 Å². The maximum absolute atomic E-state index is 11.3. The van der Waals surface area contributed by atoms with Crippen molar-refractivity contribution in [1.29, 1.82) is 0 Å². The molecule has 1 aromatic heterocycles. The van der Waals surface area contributed by atoms with Gasteiger partial charge in [-0.3, -0.25) is 9.79 Å². The quantitative estimate of drug-likeness (QED) is 0.833. The van der Waals surface area contributed by atoms with Crippen LogP contribution in [0.2, 0.25) is 0 Å². The summed E-state index contributed by atoms with van der Waals surface area (Å²) in [5, 5.41) is 5.13. The molecule has 0 spiro atoms. The van der Waals surface area contributed by atoms with Gasteiger partial charge in [0.25, 0.3) is 0 Å². The van der Waals surface area contributed by atoms with Crippen LogP contribution in [0, 0.1) is 0 Å². The predicted octanol–water partition coefficient (Wildman–Crippen LogP) is 2.81. The summed E-state index contributed by atoms with van der Waals surface area (Å²) in [7, 11) is 1.75. The number of carbonyl (C=O) groups is 1. The minimum atomic E-state index is -0.245. The fourth-order valence-electron chi connectivity index (χ4n) is 1.95. The van der Waals surface area contributed by atoms with Gasteiger partial charge in [-0.25, -0.2) is 4.98 Å². The highest BCUT2D eigenvalue weighted by Gasteiger charge is 2.08. The van der Waals surface area contributed by atoms with Crippen molar-refractivity contribution in [3.8, 4) is 11.3 Å². The van der Waals surface area contributed by atoms with Gasteiger partial charge in [0.05, 0.1) is 12.2 Å². The first-order chi connectivity index (χ1) is 10.7. The number of carbonyl (C=O) groups excluding carboxylic acids is 1. The smallest absolute Gasteiger partial charge is 0.239 e. The van der Waals surface area contributed by atoms with E-state index in [4.69, 9.17) is 5.73 Å². The molecule has 2 aromatic rings. The first-order valence-electron chi connectivity index (χ1n) is 6.82. The van der Waals surface area contributed by atoms with Crippen LogP contribution in [0.25, 0.3) is 16.8 Å². The number of hydrogen-bond acceptors (Lipinski definition) is 5. The molecule has 1 heterocycles. The minimum Gasteiger partial charge on any atom is -0.322 e. The van der Waals surface area contributed by atoms with Gasteiger partial charge in [0, 0.05) is 24.2 Å². The van der Waals surface area contributed by atoms with E-state index in [9.17, 15) is 4.79 Å². The molecule has 0 saturated carbocycles. The monoisotopic (exact) mass is 314 g/mol. The van der Waals surface area contributed by atoms with Gasteiger partial charge >= 0.3 is 0 Å². The Morgan fingerprint density at radius 3 is 3.00 bits per heavy atom. The average molecular weight is 314 g/mol. The predicted molar refractivity (Wildman–Crippen MR) is 93.3 cm³/mol. The van der Waals surface area contributed by atoms with Crippen molar-refractivity contribution >= 4 is 34.2 Å². The van der Waals surface area contributed by atoms with Gasteiger partial charge in [-0.05, 0) is 24.1 Å². The number of aliphatic imine (C=N–C) groups is 1. The Labute approximate surface area is 133 Å². The number of allylic oxidation sites excluding steroid dienone is 2. The third kappa shape index (κ3) is 3.87. The SMILES string of the molecule is C/C=C(\C=N/C)c1cccc(-c2csc(NC(=O)CN)n2)c1. The lowest BCUT2D eigenvalue weighted by Crippen LogP contribution is -2.21. The zero-order valence-electron chi connectivity index (χ0n) is 12.5. The molecule has 3 N–H and O–H groups in total. The Morgan fingerprint density at radius 2 is 2.32 bits per heavy atom. The van der Waals surface area contributed by atoms with Gasteiger partial charge in [-0.1, -0.05) is 24.3 Å². The molecule has 0 radical (unpaired) electrons. The summed E-state index contributed by atoms with van der Waals surface area (Å²) >= 11 is 1.38. The number of benzene rings is 1. The summed E-state index contributed by atoms with van der Waals surface area (Å²) in [5.74, 6) is -0.245. The molecule has 0 saturated heterocycles. The highest BCUT2D eigenvalue weighted by molar-refractivity contribution is 7.14. The molecule has 0 aliphatic heterocycles. The third-order valence-electron chi connectivity index (χ3n) is 3.01. The molecule has 0 fully saturated rings. The lowest BCUT2D eigenvalue weighted by molar-refractivity contribution is -0.114. The fraction of sp³-hybridized carbons (Fsp3) is 0.188. The van der Waals surface area contributed by atoms with Crippen molar-refractivity contribution in [2.24, 2.45) is 10.7 Å². The van der Waals surface area contributed by atoms with E-state index in [1.807, 2.05) is 42.8 Å². The Hall–Kier alpha value is -2.31. The molecule has 114 valence electrons. The second-order valence-electron chi connectivity index (χ2n) is 4.50. The molecule has 2 rings (SSSR count). The lowest BCUT2D eigenvalue weighted by atomic mass is 10.0. The van der Waals surface area contributed by atoms with Crippen LogP contribution in [0.1, 0.15) is 12.5 Å². The van der Waals surface area contributed by atoms with Crippen molar-refractivity contribution in [2.75, 3.05) is 18.9 Å². The van der Waals surface area contributed by atoms with E-state index >= 15 is 0 Å². The minimum absolute atomic E-state index is 0.0502. The molecule has 0 aliphatic rings. The molecule has 0 aliphatic carbocycles. The number of rotatable bonds is 5. The van der Waals surface area contributed by atoms with E-state index in [1.165, 1.54) is 11.3 Å². The summed E-state index contributed by atoms with van der Waals surface area (Å²) in [5.41, 5.74) is 9.22. The van der Waals surface area contributed by atoms with E-state index in [-0.39, 0.29) is 12.5 Å². The van der Waals surface area contributed by atoms with Crippen LogP contribution in [0.5, 0.6) is 0 Å². The van der Waals surface area contributed by atoms with Gasteiger partial charge in [0.15, 0.2) is 5.13 Å². The number of hydrogen-bond donors (Lipinski definition) is 2. The molecular formula is C16H18N4OS. The molecule has 1 aromatic carbocycles. The third-order valence-corrected chi connectivity index (χ3v) is 3.76. The van der Waals surface area contributed by atoms with Gasteiger partial charge in [-0.15, -0.1) is 11.3 Å². The number of thiazole rings is 1. The van der Waals surface area contributed by atoms with Crippen molar-refractivity contribution < 1.29 is 4.79 Å². The Bertz CT molecular complexity index is 718. The number of nitrogens with two attached hydrogens (primary N) is 1. The molecule has 0 unspecified atom stereocenters. The zero-order valence-corrected chi connectivity index (χ0v) is 13.4. The van der Waals surface area contributed by atoms with Crippen LogP contribution in [-0.4, -0.2) is 30.7 Å². The maximum atomic E-state index is 11.3. The Morgan fingerprint density at radius 1 is 1.50 bits per heavy atom. The highest BCUT2D eigenvalue weighted by atomic mass is 32.1. The van der Waals surface area contributed by atoms with Crippen LogP contribution < -0.4 is 11.1 Å². The standard InChI is InChI=1S/C16H18N4OS/c1-3-11(9-18-2)12-5-4-6-13(7-12)14-10-22-16(19-14)20-15(21)8-17/h3-7,9-10H,8,17H2,1-2H3,(H,19,20,21)/b11-3+,18-9-. The Kier molecular flexibility index (Phi) is 5.57. The van der Waals surface area contributed by atoms with Crippen molar-refractivity contribution in [2.45, 2.75) is 6.92 Å². The van der Waals surface area contributed by atoms with Crippen LogP contribution >= 0.6 is 11.3 Å². The van der Waals surface area contributed by atoms with E-state index in [0.29, 0.717) is 5.13 Å². The first kappa shape index (κ1) is 16.1. The topological polar surface area (TPSA) is 80.4 Å². The highest BCUT2D eigenvalue weighted by Crippen LogP contribution is 2.27. The first-order valence-corrected chi connectivity index (χ1v) is 7.70. The van der Waals surface area contributed by atoms with Crippen molar-refractivity contribution in [1.82, 2.24) is 4.98 Å². The number of anilines is 1. The van der Waals surface area contributed by atoms with Gasteiger partial charge in [-0.2, -0.15) is 0 Å². The summed E-state index contributed by atoms with van der Waals surface area (Å²) in [6, 6.07) is 8.06. The van der Waals surface area contributed by atoms with Crippen LogP contribution in [0.4, 0.5) is 5.13 Å². The zero-order chi connectivity index (χ0) is 15.9. The average Bonchev–Trinajstić information content (AvgIpc) is 3.01. The normalized spacial score (nSPS) is 11.9. The van der Waals surface area contributed by atoms with Crippen LogP contribution in [0.3, 0.4) is 0 Å². The summed E-state index contributed by atoms with van der Waals surface area (Å²) in [4.78, 5) is 19.8. The molecule has 22 heavy (non-hydrogen) atoms. The van der Waals surface area contributed by atoms with Crippen molar-refractivity contribution in [3.63, 3.8) is 0 Å². The number of nitrogens with zero attached hydrogens (tertiary/aromatic N) is 2. The molecule has 5 nitrogen and oxygen atoms in total. The fourth-order valence-corrected chi connectivity index (χ4v) is 2.68. The summed E-state index contributed by atoms with van der Waals surface area (Å²) < 4.78 is 0. The summed E-state index contributed by atoms with van der Waals surface area (Å²) in [6.45, 7) is 1.93. The van der Waals surface area contributed by atoms with E-state index in [2.05, 4.69) is 21.4 Å².